The lowest BCUT2D eigenvalue weighted by atomic mass is 9.97. The van der Waals surface area contributed by atoms with Gasteiger partial charge < -0.3 is 15.3 Å². The van der Waals surface area contributed by atoms with Crippen molar-refractivity contribution >= 4 is 17.8 Å². The molecule has 6 heteroatoms. The molecule has 1 aromatic carbocycles. The van der Waals surface area contributed by atoms with Crippen LogP contribution in [-0.2, 0) is 9.59 Å². The quantitative estimate of drug-likeness (QED) is 0.801. The Morgan fingerprint density at radius 1 is 1.17 bits per heavy atom. The van der Waals surface area contributed by atoms with Crippen molar-refractivity contribution in [1.82, 2.24) is 10.2 Å². The molecule has 0 aromatic heterocycles. The highest BCUT2D eigenvalue weighted by atomic mass is 16.4. The van der Waals surface area contributed by atoms with Crippen molar-refractivity contribution in [3.63, 3.8) is 0 Å². The lowest BCUT2D eigenvalue weighted by molar-refractivity contribution is -0.149. The third kappa shape index (κ3) is 4.81. The van der Waals surface area contributed by atoms with E-state index in [9.17, 15) is 14.4 Å². The van der Waals surface area contributed by atoms with E-state index in [1.165, 1.54) is 14.0 Å². The number of likely N-dealkylation sites (N-methyl/N-ethyl adjacent to an activating group) is 1. The summed E-state index contributed by atoms with van der Waals surface area (Å²) in [5.41, 5.74) is 0.461. The van der Waals surface area contributed by atoms with Crippen LogP contribution in [0.1, 0.15) is 37.6 Å². The van der Waals surface area contributed by atoms with Crippen LogP contribution in [0.5, 0.6) is 0 Å². The number of aliphatic carboxylic acids is 1. The normalized spacial score (nSPS) is 14.4. The largest absolute Gasteiger partial charge is 0.480 e. The smallest absolute Gasteiger partial charge is 0.326 e. The zero-order valence-corrected chi connectivity index (χ0v) is 13.9. The zero-order chi connectivity index (χ0) is 17.6. The van der Waals surface area contributed by atoms with Crippen LogP contribution in [0.15, 0.2) is 30.3 Å². The van der Waals surface area contributed by atoms with Crippen molar-refractivity contribution in [2.24, 2.45) is 5.92 Å². The first-order valence-corrected chi connectivity index (χ1v) is 7.65. The third-order valence-corrected chi connectivity index (χ3v) is 4.09. The van der Waals surface area contributed by atoms with Crippen LogP contribution in [0.3, 0.4) is 0 Å². The summed E-state index contributed by atoms with van der Waals surface area (Å²) < 4.78 is 0. The van der Waals surface area contributed by atoms with E-state index in [2.05, 4.69) is 5.32 Å². The molecule has 2 amide bonds. The molecule has 0 saturated carbocycles. The average Bonchev–Trinajstić information content (AvgIpc) is 2.57. The molecule has 1 rings (SSSR count). The van der Waals surface area contributed by atoms with Crippen LogP contribution < -0.4 is 5.32 Å². The molecule has 2 N–H and O–H groups in total. The van der Waals surface area contributed by atoms with Gasteiger partial charge in [-0.3, -0.25) is 9.59 Å². The maximum atomic E-state index is 12.6. The van der Waals surface area contributed by atoms with E-state index in [4.69, 9.17) is 5.11 Å². The summed E-state index contributed by atoms with van der Waals surface area (Å²) in [5.74, 6) is -1.95. The van der Waals surface area contributed by atoms with Gasteiger partial charge in [0, 0.05) is 12.6 Å². The van der Waals surface area contributed by atoms with E-state index in [-0.39, 0.29) is 11.8 Å². The topological polar surface area (TPSA) is 86.7 Å². The van der Waals surface area contributed by atoms with Crippen molar-refractivity contribution in [3.8, 4) is 0 Å². The van der Waals surface area contributed by atoms with E-state index in [0.29, 0.717) is 12.0 Å². The van der Waals surface area contributed by atoms with Crippen molar-refractivity contribution in [3.05, 3.63) is 35.9 Å². The van der Waals surface area contributed by atoms with Crippen molar-refractivity contribution < 1.29 is 19.5 Å². The SMILES string of the molecule is CCC(C)C(NC(=O)c1ccccc1)C(=O)N(C)C(C)C(=O)O. The molecule has 0 fully saturated rings. The second kappa shape index (κ2) is 8.31. The van der Waals surface area contributed by atoms with Crippen LogP contribution in [0.4, 0.5) is 0 Å². The molecule has 0 heterocycles. The Morgan fingerprint density at radius 2 is 1.74 bits per heavy atom. The van der Waals surface area contributed by atoms with Gasteiger partial charge in [-0.2, -0.15) is 0 Å². The summed E-state index contributed by atoms with van der Waals surface area (Å²) in [5, 5.41) is 11.8. The Balaban J connectivity index is 2.94. The number of nitrogens with zero attached hydrogens (tertiary/aromatic N) is 1. The number of hydrogen-bond acceptors (Lipinski definition) is 3. The van der Waals surface area contributed by atoms with E-state index in [1.54, 1.807) is 30.3 Å². The highest BCUT2D eigenvalue weighted by Crippen LogP contribution is 2.13. The number of carboxylic acids is 1. The van der Waals surface area contributed by atoms with Gasteiger partial charge in [0.1, 0.15) is 12.1 Å². The number of rotatable bonds is 7. The minimum absolute atomic E-state index is 0.112. The molecule has 0 aliphatic carbocycles. The van der Waals surface area contributed by atoms with Crippen molar-refractivity contribution in [2.45, 2.75) is 39.3 Å². The number of nitrogens with one attached hydrogen (secondary N) is 1. The molecular formula is C17H24N2O4. The fourth-order valence-electron chi connectivity index (χ4n) is 2.07. The fraction of sp³-hybridized carbons (Fsp3) is 0.471. The maximum Gasteiger partial charge on any atom is 0.326 e. The second-order valence-corrected chi connectivity index (χ2v) is 5.67. The third-order valence-electron chi connectivity index (χ3n) is 4.09. The molecule has 23 heavy (non-hydrogen) atoms. The summed E-state index contributed by atoms with van der Waals surface area (Å²) in [4.78, 5) is 37.1. The minimum Gasteiger partial charge on any atom is -0.480 e. The Kier molecular flexibility index (Phi) is 6.75. The van der Waals surface area contributed by atoms with Gasteiger partial charge in [0.15, 0.2) is 0 Å². The standard InChI is InChI=1S/C17H24N2O4/c1-5-11(2)14(16(21)19(4)12(3)17(22)23)18-15(20)13-9-7-6-8-10-13/h6-12,14H,5H2,1-4H3,(H,18,20)(H,22,23). The number of carboxylic acid groups (broad SMARTS) is 1. The molecule has 3 unspecified atom stereocenters. The number of carbonyl (C=O) groups excluding carboxylic acids is 2. The van der Waals surface area contributed by atoms with Crippen LogP contribution in [-0.4, -0.2) is 46.9 Å². The molecule has 0 spiro atoms. The van der Waals surface area contributed by atoms with E-state index < -0.39 is 24.0 Å². The van der Waals surface area contributed by atoms with Gasteiger partial charge in [-0.1, -0.05) is 38.5 Å². The van der Waals surface area contributed by atoms with Crippen molar-refractivity contribution in [2.75, 3.05) is 7.05 Å². The van der Waals surface area contributed by atoms with Crippen molar-refractivity contribution in [1.29, 1.82) is 0 Å². The molecule has 6 nitrogen and oxygen atoms in total. The lowest BCUT2D eigenvalue weighted by Gasteiger charge is -2.30. The summed E-state index contributed by atoms with van der Waals surface area (Å²) in [7, 11) is 1.44. The highest BCUT2D eigenvalue weighted by molar-refractivity contribution is 5.98. The summed E-state index contributed by atoms with van der Waals surface area (Å²) in [6, 6.07) is 6.90. The van der Waals surface area contributed by atoms with Crippen LogP contribution >= 0.6 is 0 Å². The molecule has 126 valence electrons. The Labute approximate surface area is 136 Å². The van der Waals surface area contributed by atoms with Gasteiger partial charge in [0.25, 0.3) is 5.91 Å². The molecule has 0 radical (unpaired) electrons. The Morgan fingerprint density at radius 3 is 2.22 bits per heavy atom. The fourth-order valence-corrected chi connectivity index (χ4v) is 2.07. The van der Waals surface area contributed by atoms with Crippen LogP contribution in [0.25, 0.3) is 0 Å². The van der Waals surface area contributed by atoms with Gasteiger partial charge in [-0.15, -0.1) is 0 Å². The molecule has 1 aromatic rings. The predicted octanol–water partition coefficient (Wildman–Crippen LogP) is 1.76. The Hall–Kier alpha value is -2.37. The molecule has 0 saturated heterocycles. The second-order valence-electron chi connectivity index (χ2n) is 5.67. The van der Waals surface area contributed by atoms with Crippen LogP contribution in [0, 0.1) is 5.92 Å². The molecule has 0 aliphatic heterocycles. The number of hydrogen-bond donors (Lipinski definition) is 2. The maximum absolute atomic E-state index is 12.6. The van der Waals surface area contributed by atoms with Gasteiger partial charge in [0.2, 0.25) is 5.91 Å². The highest BCUT2D eigenvalue weighted by Gasteiger charge is 2.32. The first kappa shape index (κ1) is 18.7. The van der Waals surface area contributed by atoms with E-state index >= 15 is 0 Å². The number of carbonyl (C=O) groups is 3. The molecule has 0 bridgehead atoms. The molecule has 0 aliphatic rings. The average molecular weight is 320 g/mol. The summed E-state index contributed by atoms with van der Waals surface area (Å²) in [6.07, 6.45) is 0.681. The first-order valence-electron chi connectivity index (χ1n) is 7.65. The zero-order valence-electron chi connectivity index (χ0n) is 13.9. The monoisotopic (exact) mass is 320 g/mol. The summed E-state index contributed by atoms with van der Waals surface area (Å²) >= 11 is 0. The minimum atomic E-state index is -1.09. The molecular weight excluding hydrogens is 296 g/mol. The summed E-state index contributed by atoms with van der Waals surface area (Å²) in [6.45, 7) is 5.21. The number of amides is 2. The van der Waals surface area contributed by atoms with Gasteiger partial charge >= 0.3 is 5.97 Å². The lowest BCUT2D eigenvalue weighted by Crippen LogP contribution is -2.54. The van der Waals surface area contributed by atoms with Gasteiger partial charge in [-0.05, 0) is 25.0 Å². The predicted molar refractivity (Wildman–Crippen MR) is 87.0 cm³/mol. The Bertz CT molecular complexity index is 559. The van der Waals surface area contributed by atoms with Gasteiger partial charge in [-0.25, -0.2) is 4.79 Å². The van der Waals surface area contributed by atoms with E-state index in [1.807, 2.05) is 13.8 Å². The van der Waals surface area contributed by atoms with E-state index in [0.717, 1.165) is 4.90 Å². The van der Waals surface area contributed by atoms with Gasteiger partial charge in [0.05, 0.1) is 0 Å². The van der Waals surface area contributed by atoms with Crippen LogP contribution in [0.2, 0.25) is 0 Å². The number of benzene rings is 1. The first-order chi connectivity index (χ1) is 10.8. The molecule has 3 atom stereocenters.